The van der Waals surface area contributed by atoms with Gasteiger partial charge in [-0.15, -0.1) is 0 Å². The molecule has 2 aromatic rings. The van der Waals surface area contributed by atoms with Gasteiger partial charge in [-0.05, 0) is 41.5 Å². The van der Waals surface area contributed by atoms with E-state index in [1.54, 1.807) is 44.2 Å². The standard InChI is InChI=1S/C32H42FN5O7/c1-5-20(4)27(38-30(42)25(14-19(2)3)37-32(44)45-18-21-10-7-6-8-11-21)28(40)31(43)35-17-26(39)36-24(29(34)41)16-22-12-9-13-23(33)15-22/h6-13,15,19-20,24-25,27H,5,14,16-18H2,1-4H3,(H2,34,41)(H,35,43)(H,36,39)(H,37,44)(H,38,42)/t20-,24-,25-,27?/m0/s1. The van der Waals surface area contributed by atoms with Crippen molar-refractivity contribution >= 4 is 35.5 Å². The summed E-state index contributed by atoms with van der Waals surface area (Å²) < 4.78 is 18.7. The van der Waals surface area contributed by atoms with Crippen LogP contribution < -0.4 is 27.0 Å². The third kappa shape index (κ3) is 12.8. The minimum Gasteiger partial charge on any atom is -0.445 e. The van der Waals surface area contributed by atoms with Gasteiger partial charge >= 0.3 is 6.09 Å². The summed E-state index contributed by atoms with van der Waals surface area (Å²) in [5, 5.41) is 9.69. The number of hydrogen-bond donors (Lipinski definition) is 5. The number of carbonyl (C=O) groups is 6. The van der Waals surface area contributed by atoms with Gasteiger partial charge in [0.2, 0.25) is 23.5 Å². The van der Waals surface area contributed by atoms with E-state index in [0.29, 0.717) is 12.0 Å². The maximum Gasteiger partial charge on any atom is 0.408 e. The van der Waals surface area contributed by atoms with E-state index in [4.69, 9.17) is 10.5 Å². The zero-order chi connectivity index (χ0) is 33.5. The van der Waals surface area contributed by atoms with Crippen molar-refractivity contribution in [1.82, 2.24) is 21.3 Å². The number of alkyl carbamates (subject to hydrolysis) is 1. The summed E-state index contributed by atoms with van der Waals surface area (Å²) in [6.07, 6.45) is -0.247. The summed E-state index contributed by atoms with van der Waals surface area (Å²) >= 11 is 0. The Morgan fingerprint density at radius 3 is 2.13 bits per heavy atom. The first-order valence-corrected chi connectivity index (χ1v) is 14.7. The van der Waals surface area contributed by atoms with Gasteiger partial charge in [-0.3, -0.25) is 24.0 Å². The van der Waals surface area contributed by atoms with E-state index >= 15 is 0 Å². The van der Waals surface area contributed by atoms with Gasteiger partial charge in [-0.2, -0.15) is 0 Å². The Labute approximate surface area is 262 Å². The van der Waals surface area contributed by atoms with Crippen LogP contribution in [-0.4, -0.2) is 60.2 Å². The molecular formula is C32H42FN5O7. The molecule has 0 aliphatic heterocycles. The highest BCUT2D eigenvalue weighted by molar-refractivity contribution is 6.38. The average molecular weight is 628 g/mol. The molecule has 244 valence electrons. The number of amides is 5. The van der Waals surface area contributed by atoms with E-state index in [1.165, 1.54) is 18.2 Å². The second kappa shape index (κ2) is 18.1. The zero-order valence-electron chi connectivity index (χ0n) is 25.9. The Morgan fingerprint density at radius 2 is 1.53 bits per heavy atom. The van der Waals surface area contributed by atoms with Gasteiger partial charge in [0.1, 0.15) is 24.5 Å². The molecule has 45 heavy (non-hydrogen) atoms. The second-order valence-electron chi connectivity index (χ2n) is 11.2. The summed E-state index contributed by atoms with van der Waals surface area (Å²) in [6, 6.07) is 10.9. The summed E-state index contributed by atoms with van der Waals surface area (Å²) in [7, 11) is 0. The van der Waals surface area contributed by atoms with E-state index in [0.717, 1.165) is 5.56 Å². The lowest BCUT2D eigenvalue weighted by Gasteiger charge is -2.26. The number of ether oxygens (including phenoxy) is 1. The highest BCUT2D eigenvalue weighted by atomic mass is 19.1. The molecule has 13 heteroatoms. The third-order valence-electron chi connectivity index (χ3n) is 6.96. The highest BCUT2D eigenvalue weighted by Crippen LogP contribution is 2.12. The maximum atomic E-state index is 13.5. The lowest BCUT2D eigenvalue weighted by molar-refractivity contribution is -0.141. The Hall–Kier alpha value is -4.81. The van der Waals surface area contributed by atoms with Crippen LogP contribution >= 0.6 is 0 Å². The van der Waals surface area contributed by atoms with Crippen molar-refractivity contribution in [3.63, 3.8) is 0 Å². The Balaban J connectivity index is 2.01. The van der Waals surface area contributed by atoms with Crippen molar-refractivity contribution in [2.75, 3.05) is 6.54 Å². The molecule has 0 aliphatic carbocycles. The summed E-state index contributed by atoms with van der Waals surface area (Å²) in [5.74, 6) is -5.50. The molecule has 12 nitrogen and oxygen atoms in total. The molecular weight excluding hydrogens is 585 g/mol. The number of rotatable bonds is 17. The monoisotopic (exact) mass is 627 g/mol. The third-order valence-corrected chi connectivity index (χ3v) is 6.96. The number of carbonyl (C=O) groups excluding carboxylic acids is 6. The molecule has 0 saturated heterocycles. The largest absolute Gasteiger partial charge is 0.445 e. The minimum atomic E-state index is -1.26. The number of ketones is 1. The molecule has 0 spiro atoms. The number of hydrogen-bond acceptors (Lipinski definition) is 7. The van der Waals surface area contributed by atoms with Crippen LogP contribution in [0.2, 0.25) is 0 Å². The van der Waals surface area contributed by atoms with Gasteiger partial charge in [-0.25, -0.2) is 9.18 Å². The van der Waals surface area contributed by atoms with Gasteiger partial charge in [-0.1, -0.05) is 76.6 Å². The van der Waals surface area contributed by atoms with Crippen LogP contribution in [0, 0.1) is 17.7 Å². The van der Waals surface area contributed by atoms with E-state index in [9.17, 15) is 33.2 Å². The van der Waals surface area contributed by atoms with Crippen molar-refractivity contribution in [1.29, 1.82) is 0 Å². The van der Waals surface area contributed by atoms with Crippen molar-refractivity contribution < 1.29 is 37.9 Å². The quantitative estimate of drug-likeness (QED) is 0.166. The molecule has 0 aliphatic rings. The fraction of sp³-hybridized carbons (Fsp3) is 0.438. The fourth-order valence-electron chi connectivity index (χ4n) is 4.32. The smallest absolute Gasteiger partial charge is 0.408 e. The van der Waals surface area contributed by atoms with Gasteiger partial charge in [0, 0.05) is 6.42 Å². The Bertz CT molecular complexity index is 1340. The lowest BCUT2D eigenvalue weighted by atomic mass is 9.94. The van der Waals surface area contributed by atoms with Gasteiger partial charge < -0.3 is 31.7 Å². The van der Waals surface area contributed by atoms with Crippen LogP contribution in [0.25, 0.3) is 0 Å². The van der Waals surface area contributed by atoms with Crippen molar-refractivity contribution in [2.45, 2.75) is 71.7 Å². The predicted octanol–water partition coefficient (Wildman–Crippen LogP) is 1.90. The molecule has 0 heterocycles. The molecule has 1 unspecified atom stereocenters. The molecule has 0 radical (unpaired) electrons. The van der Waals surface area contributed by atoms with Gasteiger partial charge in [0.25, 0.3) is 5.91 Å². The van der Waals surface area contributed by atoms with Crippen LogP contribution in [0.15, 0.2) is 54.6 Å². The molecule has 2 rings (SSSR count). The first-order chi connectivity index (χ1) is 21.3. The maximum absolute atomic E-state index is 13.5. The first kappa shape index (κ1) is 36.4. The lowest BCUT2D eigenvalue weighted by Crippen LogP contribution is -2.56. The van der Waals surface area contributed by atoms with Crippen molar-refractivity contribution in [3.05, 3.63) is 71.5 Å². The highest BCUT2D eigenvalue weighted by Gasteiger charge is 2.34. The van der Waals surface area contributed by atoms with Crippen LogP contribution in [-0.2, 0) is 41.7 Å². The van der Waals surface area contributed by atoms with Gasteiger partial charge in [0.05, 0.1) is 12.6 Å². The summed E-state index contributed by atoms with van der Waals surface area (Å²) in [4.78, 5) is 76.0. The minimum absolute atomic E-state index is 0.00455. The number of Topliss-reactive ketones (excluding diaryl/α,β-unsaturated/α-hetero) is 1. The first-order valence-electron chi connectivity index (χ1n) is 14.7. The van der Waals surface area contributed by atoms with E-state index in [-0.39, 0.29) is 25.4 Å². The van der Waals surface area contributed by atoms with Gasteiger partial charge in [0.15, 0.2) is 0 Å². The van der Waals surface area contributed by atoms with E-state index in [2.05, 4.69) is 21.3 Å². The number of nitrogens with two attached hydrogens (primary N) is 1. The van der Waals surface area contributed by atoms with Crippen LogP contribution in [0.3, 0.4) is 0 Å². The molecule has 0 saturated carbocycles. The average Bonchev–Trinajstić information content (AvgIpc) is 3.00. The van der Waals surface area contributed by atoms with E-state index < -0.39 is 71.9 Å². The number of nitrogens with one attached hydrogen (secondary N) is 4. The molecule has 0 fully saturated rings. The number of benzene rings is 2. The number of primary amides is 1. The zero-order valence-corrected chi connectivity index (χ0v) is 25.9. The summed E-state index contributed by atoms with van der Waals surface area (Å²) in [6.45, 7) is 6.49. The normalized spacial score (nSPS) is 13.5. The second-order valence-corrected chi connectivity index (χ2v) is 11.2. The molecule has 4 atom stereocenters. The molecule has 6 N–H and O–H groups in total. The van der Waals surface area contributed by atoms with Crippen LogP contribution in [0.4, 0.5) is 9.18 Å². The molecule has 5 amide bonds. The Kier molecular flexibility index (Phi) is 14.6. The molecule has 2 aromatic carbocycles. The van der Waals surface area contributed by atoms with Crippen molar-refractivity contribution in [2.24, 2.45) is 17.6 Å². The SMILES string of the molecule is CC[C@H](C)C(NC(=O)[C@H](CC(C)C)NC(=O)OCc1ccccc1)C(=O)C(=O)NCC(=O)N[C@@H](Cc1cccc(F)c1)C(N)=O. The molecule has 0 aromatic heterocycles. The number of halogens is 1. The predicted molar refractivity (Wildman–Crippen MR) is 164 cm³/mol. The van der Waals surface area contributed by atoms with Crippen molar-refractivity contribution in [3.8, 4) is 0 Å². The Morgan fingerprint density at radius 1 is 0.867 bits per heavy atom. The van der Waals surface area contributed by atoms with Crippen LogP contribution in [0.5, 0.6) is 0 Å². The molecule has 0 bridgehead atoms. The summed E-state index contributed by atoms with van der Waals surface area (Å²) in [5.41, 5.74) is 6.55. The fourth-order valence-corrected chi connectivity index (χ4v) is 4.32. The van der Waals surface area contributed by atoms with E-state index in [1.807, 2.05) is 19.9 Å². The topological polar surface area (TPSA) is 186 Å². The van der Waals surface area contributed by atoms with Crippen LogP contribution in [0.1, 0.15) is 51.7 Å².